The van der Waals surface area contributed by atoms with Crippen LogP contribution in [0.5, 0.6) is 5.75 Å². The molecule has 3 rings (SSSR count). The summed E-state index contributed by atoms with van der Waals surface area (Å²) in [6, 6.07) is 8.41. The third kappa shape index (κ3) is 2.00. The molecule has 0 radical (unpaired) electrons. The lowest BCUT2D eigenvalue weighted by Crippen LogP contribution is -2.60. The van der Waals surface area contributed by atoms with E-state index >= 15 is 0 Å². The Bertz CT molecular complexity index is 374. The number of methoxy groups -OCH3 is 1. The van der Waals surface area contributed by atoms with Crippen molar-refractivity contribution in [3.63, 3.8) is 0 Å². The molecule has 2 saturated heterocycles. The third-order valence-corrected chi connectivity index (χ3v) is 4.15. The molecule has 0 saturated carbocycles. The van der Waals surface area contributed by atoms with Crippen LogP contribution in [-0.2, 0) is 0 Å². The predicted octanol–water partition coefficient (Wildman–Crippen LogP) is 1.89. The summed E-state index contributed by atoms with van der Waals surface area (Å²) in [6.45, 7) is 4.83. The van der Waals surface area contributed by atoms with Crippen LogP contribution in [-0.4, -0.2) is 33.3 Å². The minimum Gasteiger partial charge on any atom is -0.497 e. The first-order valence-corrected chi connectivity index (χ1v) is 6.41. The molecule has 2 aliphatic heterocycles. The zero-order valence-electron chi connectivity index (χ0n) is 10.4. The minimum atomic E-state index is 0.602. The van der Waals surface area contributed by atoms with Crippen LogP contribution < -0.4 is 15.0 Å². The fourth-order valence-electron chi connectivity index (χ4n) is 3.01. The molecule has 0 amide bonds. The minimum absolute atomic E-state index is 0.602. The molecule has 3 nitrogen and oxygen atoms in total. The molecule has 0 aromatic heterocycles. The van der Waals surface area contributed by atoms with E-state index in [4.69, 9.17) is 4.74 Å². The Morgan fingerprint density at radius 3 is 2.35 bits per heavy atom. The van der Waals surface area contributed by atoms with Crippen LogP contribution >= 0.6 is 0 Å². The van der Waals surface area contributed by atoms with Crippen molar-refractivity contribution in [1.82, 2.24) is 5.32 Å². The smallest absolute Gasteiger partial charge is 0.119 e. The lowest BCUT2D eigenvalue weighted by molar-refractivity contribution is 0.150. The van der Waals surface area contributed by atoms with Crippen LogP contribution in [0, 0.1) is 5.41 Å². The van der Waals surface area contributed by atoms with Gasteiger partial charge in [-0.15, -0.1) is 0 Å². The van der Waals surface area contributed by atoms with Gasteiger partial charge in [0.25, 0.3) is 0 Å². The highest BCUT2D eigenvalue weighted by molar-refractivity contribution is 5.52. The fraction of sp³-hybridized carbons (Fsp3) is 0.571. The van der Waals surface area contributed by atoms with Crippen LogP contribution in [0.4, 0.5) is 5.69 Å². The maximum absolute atomic E-state index is 5.18. The summed E-state index contributed by atoms with van der Waals surface area (Å²) in [6.07, 6.45) is 2.67. The van der Waals surface area contributed by atoms with E-state index in [0.717, 1.165) is 5.75 Å². The first-order chi connectivity index (χ1) is 8.31. The fourth-order valence-corrected chi connectivity index (χ4v) is 3.01. The Morgan fingerprint density at radius 2 is 1.76 bits per heavy atom. The molecule has 1 aromatic carbocycles. The predicted molar refractivity (Wildman–Crippen MR) is 69.7 cm³/mol. The molecule has 1 spiro atoms. The van der Waals surface area contributed by atoms with E-state index in [9.17, 15) is 0 Å². The van der Waals surface area contributed by atoms with Gasteiger partial charge in [-0.1, -0.05) is 0 Å². The zero-order valence-corrected chi connectivity index (χ0v) is 10.4. The molecular formula is C14H20N2O. The van der Waals surface area contributed by atoms with Crippen molar-refractivity contribution in [1.29, 1.82) is 0 Å². The van der Waals surface area contributed by atoms with Crippen LogP contribution in [0.2, 0.25) is 0 Å². The molecule has 2 aliphatic rings. The van der Waals surface area contributed by atoms with Gasteiger partial charge in [0, 0.05) is 24.2 Å². The zero-order chi connectivity index (χ0) is 11.7. The normalized spacial score (nSPS) is 22.3. The SMILES string of the molecule is COc1ccc(N2CC3(CCNCC3)C2)cc1. The lowest BCUT2D eigenvalue weighted by Gasteiger charge is -2.53. The van der Waals surface area contributed by atoms with Gasteiger partial charge in [-0.05, 0) is 50.2 Å². The maximum atomic E-state index is 5.18. The van der Waals surface area contributed by atoms with E-state index in [1.807, 2.05) is 12.1 Å². The number of benzene rings is 1. The van der Waals surface area contributed by atoms with Crippen molar-refractivity contribution < 1.29 is 4.74 Å². The van der Waals surface area contributed by atoms with Gasteiger partial charge in [0.05, 0.1) is 7.11 Å². The Hall–Kier alpha value is -1.22. The summed E-state index contributed by atoms with van der Waals surface area (Å²) in [5.74, 6) is 0.936. The number of piperidine rings is 1. The molecule has 3 heteroatoms. The first kappa shape index (κ1) is 10.9. The second-order valence-corrected chi connectivity index (χ2v) is 5.30. The monoisotopic (exact) mass is 232 g/mol. The van der Waals surface area contributed by atoms with Crippen molar-refractivity contribution in [2.75, 3.05) is 38.2 Å². The summed E-state index contributed by atoms with van der Waals surface area (Å²) >= 11 is 0. The summed E-state index contributed by atoms with van der Waals surface area (Å²) in [4.78, 5) is 2.48. The second-order valence-electron chi connectivity index (χ2n) is 5.30. The highest BCUT2D eigenvalue weighted by atomic mass is 16.5. The lowest BCUT2D eigenvalue weighted by atomic mass is 9.72. The van der Waals surface area contributed by atoms with Gasteiger partial charge >= 0.3 is 0 Å². The summed E-state index contributed by atoms with van der Waals surface area (Å²) < 4.78 is 5.18. The van der Waals surface area contributed by atoms with Crippen LogP contribution in [0.25, 0.3) is 0 Å². The van der Waals surface area contributed by atoms with Gasteiger partial charge in [0.15, 0.2) is 0 Å². The van der Waals surface area contributed by atoms with E-state index < -0.39 is 0 Å². The molecule has 0 unspecified atom stereocenters. The van der Waals surface area contributed by atoms with Gasteiger partial charge < -0.3 is 15.0 Å². The summed E-state index contributed by atoms with van der Waals surface area (Å²) in [7, 11) is 1.71. The van der Waals surface area contributed by atoms with E-state index in [2.05, 4.69) is 22.3 Å². The average Bonchev–Trinajstić information content (AvgIpc) is 2.37. The Balaban J connectivity index is 1.63. The summed E-state index contributed by atoms with van der Waals surface area (Å²) in [5, 5.41) is 3.44. The second kappa shape index (κ2) is 4.22. The standard InChI is InChI=1S/C14H20N2O/c1-17-13-4-2-12(3-5-13)16-10-14(11-16)6-8-15-9-7-14/h2-5,15H,6-11H2,1H3. The highest BCUT2D eigenvalue weighted by Gasteiger charge is 2.43. The van der Waals surface area contributed by atoms with Crippen molar-refractivity contribution in [3.8, 4) is 5.75 Å². The number of nitrogens with one attached hydrogen (secondary N) is 1. The van der Waals surface area contributed by atoms with Crippen LogP contribution in [0.1, 0.15) is 12.8 Å². The number of nitrogens with zero attached hydrogens (tertiary/aromatic N) is 1. The number of hydrogen-bond donors (Lipinski definition) is 1. The maximum Gasteiger partial charge on any atom is 0.119 e. The van der Waals surface area contributed by atoms with Crippen molar-refractivity contribution >= 4 is 5.69 Å². The van der Waals surface area contributed by atoms with E-state index in [0.29, 0.717) is 5.41 Å². The molecule has 2 fully saturated rings. The Kier molecular flexibility index (Phi) is 2.71. The highest BCUT2D eigenvalue weighted by Crippen LogP contribution is 2.41. The molecule has 0 atom stereocenters. The number of hydrogen-bond acceptors (Lipinski definition) is 3. The molecule has 1 aromatic rings. The van der Waals surface area contributed by atoms with Gasteiger partial charge in [0.1, 0.15) is 5.75 Å². The van der Waals surface area contributed by atoms with Crippen molar-refractivity contribution in [2.45, 2.75) is 12.8 Å². The molecule has 2 heterocycles. The van der Waals surface area contributed by atoms with Gasteiger partial charge in [-0.3, -0.25) is 0 Å². The topological polar surface area (TPSA) is 24.5 Å². The van der Waals surface area contributed by atoms with Crippen LogP contribution in [0.3, 0.4) is 0 Å². The van der Waals surface area contributed by atoms with Gasteiger partial charge in [0.2, 0.25) is 0 Å². The Labute approximate surface area is 103 Å². The molecular weight excluding hydrogens is 212 g/mol. The molecule has 1 N–H and O–H groups in total. The molecule has 17 heavy (non-hydrogen) atoms. The van der Waals surface area contributed by atoms with E-state index in [1.54, 1.807) is 7.11 Å². The molecule has 92 valence electrons. The first-order valence-electron chi connectivity index (χ1n) is 6.41. The summed E-state index contributed by atoms with van der Waals surface area (Å²) in [5.41, 5.74) is 1.93. The van der Waals surface area contributed by atoms with Gasteiger partial charge in [-0.2, -0.15) is 0 Å². The number of ether oxygens (including phenoxy) is 1. The number of anilines is 1. The quantitative estimate of drug-likeness (QED) is 0.842. The van der Waals surface area contributed by atoms with Crippen LogP contribution in [0.15, 0.2) is 24.3 Å². The molecule has 0 aliphatic carbocycles. The third-order valence-electron chi connectivity index (χ3n) is 4.15. The van der Waals surface area contributed by atoms with Crippen molar-refractivity contribution in [3.05, 3.63) is 24.3 Å². The largest absolute Gasteiger partial charge is 0.497 e. The van der Waals surface area contributed by atoms with E-state index in [-0.39, 0.29) is 0 Å². The average molecular weight is 232 g/mol. The number of rotatable bonds is 2. The molecule has 0 bridgehead atoms. The van der Waals surface area contributed by atoms with Gasteiger partial charge in [-0.25, -0.2) is 0 Å². The van der Waals surface area contributed by atoms with E-state index in [1.165, 1.54) is 44.7 Å². The Morgan fingerprint density at radius 1 is 1.12 bits per heavy atom. The van der Waals surface area contributed by atoms with Crippen molar-refractivity contribution in [2.24, 2.45) is 5.41 Å².